The van der Waals surface area contributed by atoms with E-state index in [1.54, 1.807) is 0 Å². The van der Waals surface area contributed by atoms with E-state index in [4.69, 9.17) is 5.11 Å². The first-order valence-corrected chi connectivity index (χ1v) is 4.65. The molecular formula is C9H19NO. The second-order valence-electron chi connectivity index (χ2n) is 3.50. The molecule has 0 bridgehead atoms. The van der Waals surface area contributed by atoms with Crippen molar-refractivity contribution in [3.8, 4) is 0 Å². The predicted molar refractivity (Wildman–Crippen MR) is 46.6 cm³/mol. The number of hydrogen-bond donors (Lipinski definition) is 1. The van der Waals surface area contributed by atoms with Crippen LogP contribution < -0.4 is 0 Å². The van der Waals surface area contributed by atoms with E-state index >= 15 is 0 Å². The summed E-state index contributed by atoms with van der Waals surface area (Å²) in [7, 11) is 2.20. The molecule has 1 N–H and O–H groups in total. The van der Waals surface area contributed by atoms with Crippen molar-refractivity contribution in [2.75, 3.05) is 20.2 Å². The van der Waals surface area contributed by atoms with Gasteiger partial charge in [-0.15, -0.1) is 0 Å². The number of aliphatic hydroxyl groups is 1. The van der Waals surface area contributed by atoms with E-state index in [2.05, 4.69) is 11.9 Å². The number of rotatable bonds is 5. The van der Waals surface area contributed by atoms with Gasteiger partial charge in [-0.3, -0.25) is 0 Å². The quantitative estimate of drug-likeness (QED) is 0.607. The van der Waals surface area contributed by atoms with Crippen LogP contribution in [0.4, 0.5) is 0 Å². The molecule has 1 fully saturated rings. The van der Waals surface area contributed by atoms with Gasteiger partial charge in [0.1, 0.15) is 0 Å². The summed E-state index contributed by atoms with van der Waals surface area (Å²) in [5.74, 6) is 0. The summed E-state index contributed by atoms with van der Waals surface area (Å²) < 4.78 is 0. The van der Waals surface area contributed by atoms with Crippen LogP contribution in [0, 0.1) is 0 Å². The fourth-order valence-corrected chi connectivity index (χ4v) is 1.48. The summed E-state index contributed by atoms with van der Waals surface area (Å²) in [6.07, 6.45) is 6.28. The zero-order valence-corrected chi connectivity index (χ0v) is 7.42. The minimum atomic E-state index is 0.346. The molecule has 0 radical (unpaired) electrons. The fourth-order valence-electron chi connectivity index (χ4n) is 1.48. The molecule has 0 heterocycles. The molecule has 0 aromatic rings. The molecule has 0 amide bonds. The summed E-state index contributed by atoms with van der Waals surface area (Å²) in [5.41, 5.74) is 0. The maximum atomic E-state index is 8.57. The van der Waals surface area contributed by atoms with Crippen LogP contribution in [0.5, 0.6) is 0 Å². The van der Waals surface area contributed by atoms with Crippen LogP contribution in [-0.2, 0) is 0 Å². The van der Waals surface area contributed by atoms with E-state index in [-0.39, 0.29) is 0 Å². The Morgan fingerprint density at radius 1 is 1.36 bits per heavy atom. The Balaban J connectivity index is 1.96. The molecule has 2 heteroatoms. The lowest BCUT2D eigenvalue weighted by Gasteiger charge is -2.34. The van der Waals surface area contributed by atoms with Crippen LogP contribution in [0.3, 0.4) is 0 Å². The Morgan fingerprint density at radius 3 is 2.55 bits per heavy atom. The summed E-state index contributed by atoms with van der Waals surface area (Å²) in [5, 5.41) is 8.57. The third-order valence-electron chi connectivity index (χ3n) is 2.62. The molecular weight excluding hydrogens is 138 g/mol. The molecule has 0 unspecified atom stereocenters. The maximum Gasteiger partial charge on any atom is 0.0431 e. The van der Waals surface area contributed by atoms with Gasteiger partial charge in [0.05, 0.1) is 0 Å². The lowest BCUT2D eigenvalue weighted by Crippen LogP contribution is -2.37. The minimum absolute atomic E-state index is 0.346. The van der Waals surface area contributed by atoms with E-state index < -0.39 is 0 Å². The van der Waals surface area contributed by atoms with E-state index in [1.807, 2.05) is 0 Å². The Morgan fingerprint density at radius 2 is 2.09 bits per heavy atom. The molecule has 1 saturated carbocycles. The summed E-state index contributed by atoms with van der Waals surface area (Å²) >= 11 is 0. The number of nitrogens with zero attached hydrogens (tertiary/aromatic N) is 1. The lowest BCUT2D eigenvalue weighted by atomic mass is 9.92. The smallest absolute Gasteiger partial charge is 0.0431 e. The van der Waals surface area contributed by atoms with Gasteiger partial charge in [-0.05, 0) is 39.3 Å². The van der Waals surface area contributed by atoms with Gasteiger partial charge in [0.25, 0.3) is 0 Å². The first-order valence-electron chi connectivity index (χ1n) is 4.65. The molecule has 1 aliphatic carbocycles. The van der Waals surface area contributed by atoms with Gasteiger partial charge in [-0.2, -0.15) is 0 Å². The van der Waals surface area contributed by atoms with Crippen molar-refractivity contribution >= 4 is 0 Å². The van der Waals surface area contributed by atoms with Gasteiger partial charge in [0.15, 0.2) is 0 Å². The normalized spacial score (nSPS) is 18.8. The van der Waals surface area contributed by atoms with Crippen LogP contribution in [0.15, 0.2) is 0 Å². The number of hydrogen-bond acceptors (Lipinski definition) is 2. The molecule has 1 aliphatic rings. The molecule has 0 aromatic heterocycles. The number of unbranched alkanes of at least 4 members (excludes halogenated alkanes) is 1. The average Bonchev–Trinajstić information content (AvgIpc) is 1.84. The van der Waals surface area contributed by atoms with Crippen LogP contribution in [0.25, 0.3) is 0 Å². The second-order valence-corrected chi connectivity index (χ2v) is 3.50. The third kappa shape index (κ3) is 2.80. The minimum Gasteiger partial charge on any atom is -0.396 e. The van der Waals surface area contributed by atoms with E-state index in [0.717, 1.165) is 25.4 Å². The van der Waals surface area contributed by atoms with Crippen LogP contribution in [-0.4, -0.2) is 36.2 Å². The lowest BCUT2D eigenvalue weighted by molar-refractivity contribution is 0.153. The Labute approximate surface area is 69.2 Å². The van der Waals surface area contributed by atoms with Crippen molar-refractivity contribution in [2.45, 2.75) is 38.1 Å². The summed E-state index contributed by atoms with van der Waals surface area (Å²) in [4.78, 5) is 2.43. The molecule has 0 spiro atoms. The van der Waals surface area contributed by atoms with E-state index in [9.17, 15) is 0 Å². The van der Waals surface area contributed by atoms with Crippen molar-refractivity contribution < 1.29 is 5.11 Å². The largest absolute Gasteiger partial charge is 0.396 e. The van der Waals surface area contributed by atoms with Crippen molar-refractivity contribution in [3.05, 3.63) is 0 Å². The van der Waals surface area contributed by atoms with E-state index in [0.29, 0.717) is 6.61 Å². The van der Waals surface area contributed by atoms with Crippen molar-refractivity contribution in [3.63, 3.8) is 0 Å². The molecule has 66 valence electrons. The van der Waals surface area contributed by atoms with Crippen molar-refractivity contribution in [1.82, 2.24) is 4.90 Å². The Hall–Kier alpha value is -0.0800. The molecule has 2 nitrogen and oxygen atoms in total. The topological polar surface area (TPSA) is 23.5 Å². The van der Waals surface area contributed by atoms with Gasteiger partial charge < -0.3 is 10.0 Å². The summed E-state index contributed by atoms with van der Waals surface area (Å²) in [6, 6.07) is 0.855. The predicted octanol–water partition coefficient (Wildman–Crippen LogP) is 1.24. The monoisotopic (exact) mass is 157 g/mol. The Kier molecular flexibility index (Phi) is 3.87. The highest BCUT2D eigenvalue weighted by molar-refractivity contribution is 4.77. The molecule has 1 rings (SSSR count). The molecule has 0 saturated heterocycles. The van der Waals surface area contributed by atoms with Gasteiger partial charge in [-0.1, -0.05) is 6.42 Å². The molecule has 0 atom stereocenters. The van der Waals surface area contributed by atoms with Crippen molar-refractivity contribution in [2.24, 2.45) is 0 Å². The molecule has 0 aliphatic heterocycles. The van der Waals surface area contributed by atoms with Crippen molar-refractivity contribution in [1.29, 1.82) is 0 Å². The third-order valence-corrected chi connectivity index (χ3v) is 2.62. The van der Waals surface area contributed by atoms with Gasteiger partial charge in [-0.25, -0.2) is 0 Å². The standard InChI is InChI=1S/C9H19NO/c1-10(7-2-3-8-11)9-5-4-6-9/h9,11H,2-8H2,1H3. The fraction of sp³-hybridized carbons (Fsp3) is 1.00. The molecule has 11 heavy (non-hydrogen) atoms. The van der Waals surface area contributed by atoms with E-state index in [1.165, 1.54) is 19.3 Å². The highest BCUT2D eigenvalue weighted by Crippen LogP contribution is 2.23. The zero-order valence-electron chi connectivity index (χ0n) is 7.42. The van der Waals surface area contributed by atoms with Crippen LogP contribution >= 0.6 is 0 Å². The SMILES string of the molecule is CN(CCCCO)C1CCC1. The number of aliphatic hydroxyl groups excluding tert-OH is 1. The summed E-state index contributed by atoms with van der Waals surface area (Å²) in [6.45, 7) is 1.50. The van der Waals surface area contributed by atoms with Crippen LogP contribution in [0.1, 0.15) is 32.1 Å². The first-order chi connectivity index (χ1) is 5.34. The maximum absolute atomic E-state index is 8.57. The molecule has 0 aromatic carbocycles. The average molecular weight is 157 g/mol. The first kappa shape index (κ1) is 9.01. The Bertz CT molecular complexity index is 102. The zero-order chi connectivity index (χ0) is 8.10. The highest BCUT2D eigenvalue weighted by atomic mass is 16.2. The van der Waals surface area contributed by atoms with Gasteiger partial charge >= 0.3 is 0 Å². The second kappa shape index (κ2) is 4.73. The van der Waals surface area contributed by atoms with Gasteiger partial charge in [0.2, 0.25) is 0 Å². The van der Waals surface area contributed by atoms with Crippen LogP contribution in [0.2, 0.25) is 0 Å². The van der Waals surface area contributed by atoms with Gasteiger partial charge in [0, 0.05) is 12.6 Å². The highest BCUT2D eigenvalue weighted by Gasteiger charge is 2.20.